The van der Waals surface area contributed by atoms with E-state index in [1.54, 1.807) is 0 Å². The first-order valence-electron chi connectivity index (χ1n) is 5.51. The molecule has 0 radical (unpaired) electrons. The van der Waals surface area contributed by atoms with Gasteiger partial charge < -0.3 is 4.98 Å². The van der Waals surface area contributed by atoms with E-state index >= 15 is 0 Å². The van der Waals surface area contributed by atoms with Crippen molar-refractivity contribution in [2.45, 2.75) is 19.5 Å². The largest absolute Gasteiger partial charge is 0.322 e. The van der Waals surface area contributed by atoms with Crippen LogP contribution in [0.5, 0.6) is 0 Å². The number of pyridine rings is 1. The second-order valence-corrected chi connectivity index (χ2v) is 3.98. The van der Waals surface area contributed by atoms with Crippen LogP contribution < -0.4 is 10.9 Å². The summed E-state index contributed by atoms with van der Waals surface area (Å²) in [6.45, 7) is 2.36. The van der Waals surface area contributed by atoms with Crippen LogP contribution in [-0.2, 0) is 6.54 Å². The monoisotopic (exact) mass is 226 g/mol. The number of aromatic amines is 1. The average Bonchev–Trinajstić information content (AvgIpc) is 2.35. The fourth-order valence-electron chi connectivity index (χ4n) is 1.65. The van der Waals surface area contributed by atoms with Gasteiger partial charge in [0.25, 0.3) is 5.56 Å². The molecule has 0 saturated carbocycles. The van der Waals surface area contributed by atoms with E-state index in [0.717, 1.165) is 10.9 Å². The Morgan fingerprint density at radius 2 is 2.24 bits per heavy atom. The minimum Gasteiger partial charge on any atom is -0.322 e. The Kier molecular flexibility index (Phi) is 3.27. The van der Waals surface area contributed by atoms with Crippen molar-refractivity contribution in [2.24, 2.45) is 0 Å². The van der Waals surface area contributed by atoms with Crippen molar-refractivity contribution < 1.29 is 0 Å². The van der Waals surface area contributed by atoms with E-state index in [9.17, 15) is 4.79 Å². The van der Waals surface area contributed by atoms with Gasteiger partial charge in [0.2, 0.25) is 0 Å². The first kappa shape index (κ1) is 11.4. The highest BCUT2D eigenvalue weighted by molar-refractivity contribution is 5.78. The van der Waals surface area contributed by atoms with E-state index in [1.165, 1.54) is 0 Å². The highest BCUT2D eigenvalue weighted by Gasteiger charge is 2.03. The van der Waals surface area contributed by atoms with Crippen LogP contribution in [0.25, 0.3) is 10.9 Å². The van der Waals surface area contributed by atoms with Gasteiger partial charge in [-0.2, -0.15) is 0 Å². The van der Waals surface area contributed by atoms with Crippen LogP contribution in [0.1, 0.15) is 12.5 Å². The van der Waals surface area contributed by atoms with Crippen LogP contribution >= 0.6 is 0 Å². The molecule has 0 aliphatic carbocycles. The van der Waals surface area contributed by atoms with Crippen LogP contribution in [0, 0.1) is 12.3 Å². The second kappa shape index (κ2) is 4.86. The van der Waals surface area contributed by atoms with Gasteiger partial charge in [-0.05, 0) is 24.4 Å². The molecule has 0 spiro atoms. The summed E-state index contributed by atoms with van der Waals surface area (Å²) in [6.07, 6.45) is 5.27. The number of hydrogen-bond acceptors (Lipinski definition) is 2. The smallest absolute Gasteiger partial charge is 0.252 e. The van der Waals surface area contributed by atoms with Gasteiger partial charge in [0.05, 0.1) is 6.04 Å². The molecule has 2 rings (SSSR count). The van der Waals surface area contributed by atoms with Gasteiger partial charge in [0.1, 0.15) is 0 Å². The van der Waals surface area contributed by atoms with Gasteiger partial charge in [0, 0.05) is 17.6 Å². The van der Waals surface area contributed by atoms with Crippen molar-refractivity contribution in [3.8, 4) is 12.3 Å². The van der Waals surface area contributed by atoms with E-state index < -0.39 is 0 Å². The Hall–Kier alpha value is -2.05. The summed E-state index contributed by atoms with van der Waals surface area (Å²) in [6, 6.07) is 9.56. The zero-order chi connectivity index (χ0) is 12.3. The summed E-state index contributed by atoms with van der Waals surface area (Å²) < 4.78 is 0. The van der Waals surface area contributed by atoms with Crippen molar-refractivity contribution >= 4 is 10.9 Å². The molecule has 1 aromatic carbocycles. The van der Waals surface area contributed by atoms with Gasteiger partial charge in [-0.15, -0.1) is 6.42 Å². The van der Waals surface area contributed by atoms with Crippen LogP contribution in [0.15, 0.2) is 35.1 Å². The summed E-state index contributed by atoms with van der Waals surface area (Å²) in [5, 5.41) is 4.12. The molecular formula is C14H14N2O. The maximum Gasteiger partial charge on any atom is 0.252 e. The molecule has 0 saturated heterocycles. The van der Waals surface area contributed by atoms with Gasteiger partial charge in [0.15, 0.2) is 0 Å². The van der Waals surface area contributed by atoms with Crippen molar-refractivity contribution in [1.29, 1.82) is 0 Å². The molecule has 1 aromatic heterocycles. The minimum atomic E-state index is -0.0691. The molecule has 3 heteroatoms. The number of para-hydroxylation sites is 1. The molecule has 0 aliphatic rings. The lowest BCUT2D eigenvalue weighted by molar-refractivity contribution is 0.644. The zero-order valence-electron chi connectivity index (χ0n) is 9.66. The van der Waals surface area contributed by atoms with Crippen LogP contribution in [0.3, 0.4) is 0 Å². The first-order chi connectivity index (χ1) is 8.20. The number of aromatic nitrogens is 1. The molecule has 0 amide bonds. The molecule has 1 heterocycles. The summed E-state index contributed by atoms with van der Waals surface area (Å²) in [5.41, 5.74) is 1.48. The first-order valence-corrected chi connectivity index (χ1v) is 5.51. The SMILES string of the molecule is C#CC(C)NCc1cc2ccccc2[nH]c1=O. The normalized spacial score (nSPS) is 12.2. The molecule has 0 aliphatic heterocycles. The fraction of sp³-hybridized carbons (Fsp3) is 0.214. The fourth-order valence-corrected chi connectivity index (χ4v) is 1.65. The molecule has 2 N–H and O–H groups in total. The van der Waals surface area contributed by atoms with Crippen molar-refractivity contribution in [3.63, 3.8) is 0 Å². The molecule has 1 unspecified atom stereocenters. The average molecular weight is 226 g/mol. The van der Waals surface area contributed by atoms with E-state index in [2.05, 4.69) is 16.2 Å². The predicted octanol–water partition coefficient (Wildman–Crippen LogP) is 1.64. The van der Waals surface area contributed by atoms with E-state index in [0.29, 0.717) is 12.1 Å². The molecule has 0 fully saturated rings. The third kappa shape index (κ3) is 2.55. The lowest BCUT2D eigenvalue weighted by atomic mass is 10.1. The highest BCUT2D eigenvalue weighted by Crippen LogP contribution is 2.09. The standard InChI is InChI=1S/C14H14N2O/c1-3-10(2)15-9-12-8-11-6-4-5-7-13(11)16-14(12)17/h1,4-8,10,15H,9H2,2H3,(H,16,17). The lowest BCUT2D eigenvalue weighted by Crippen LogP contribution is -2.27. The van der Waals surface area contributed by atoms with Gasteiger partial charge in [-0.25, -0.2) is 0 Å². The molecule has 3 nitrogen and oxygen atoms in total. The van der Waals surface area contributed by atoms with E-state index in [1.807, 2.05) is 37.3 Å². The Bertz CT molecular complexity index is 622. The Morgan fingerprint density at radius 3 is 3.00 bits per heavy atom. The third-order valence-corrected chi connectivity index (χ3v) is 2.68. The third-order valence-electron chi connectivity index (χ3n) is 2.68. The minimum absolute atomic E-state index is 0.0409. The maximum absolute atomic E-state index is 11.8. The van der Waals surface area contributed by atoms with E-state index in [-0.39, 0.29) is 11.6 Å². The molecular weight excluding hydrogens is 212 g/mol. The predicted molar refractivity (Wildman–Crippen MR) is 69.7 cm³/mol. The van der Waals surface area contributed by atoms with Crippen LogP contribution in [0.2, 0.25) is 0 Å². The number of benzene rings is 1. The molecule has 1 atom stereocenters. The summed E-state index contributed by atoms with van der Waals surface area (Å²) in [5.74, 6) is 2.57. The zero-order valence-corrected chi connectivity index (χ0v) is 9.66. The number of rotatable bonds is 3. The molecule has 86 valence electrons. The maximum atomic E-state index is 11.8. The van der Waals surface area contributed by atoms with Crippen molar-refractivity contribution in [2.75, 3.05) is 0 Å². The van der Waals surface area contributed by atoms with Crippen LogP contribution in [-0.4, -0.2) is 11.0 Å². The topological polar surface area (TPSA) is 44.9 Å². The molecule has 17 heavy (non-hydrogen) atoms. The number of hydrogen-bond donors (Lipinski definition) is 2. The summed E-state index contributed by atoms with van der Waals surface area (Å²) in [7, 11) is 0. The van der Waals surface area contributed by atoms with E-state index in [4.69, 9.17) is 6.42 Å². The summed E-state index contributed by atoms with van der Waals surface area (Å²) in [4.78, 5) is 14.6. The van der Waals surface area contributed by atoms with Crippen molar-refractivity contribution in [1.82, 2.24) is 10.3 Å². The molecule has 2 aromatic rings. The number of nitrogens with one attached hydrogen (secondary N) is 2. The summed E-state index contributed by atoms with van der Waals surface area (Å²) >= 11 is 0. The lowest BCUT2D eigenvalue weighted by Gasteiger charge is -2.07. The quantitative estimate of drug-likeness (QED) is 0.781. The van der Waals surface area contributed by atoms with Gasteiger partial charge in [-0.3, -0.25) is 10.1 Å². The number of fused-ring (bicyclic) bond motifs is 1. The Balaban J connectivity index is 2.32. The van der Waals surface area contributed by atoms with Crippen molar-refractivity contribution in [3.05, 3.63) is 46.2 Å². The number of H-pyrrole nitrogens is 1. The Morgan fingerprint density at radius 1 is 1.47 bits per heavy atom. The highest BCUT2D eigenvalue weighted by atomic mass is 16.1. The van der Waals surface area contributed by atoms with Gasteiger partial charge >= 0.3 is 0 Å². The van der Waals surface area contributed by atoms with Gasteiger partial charge in [-0.1, -0.05) is 24.1 Å². The number of terminal acetylenes is 1. The van der Waals surface area contributed by atoms with Crippen LogP contribution in [0.4, 0.5) is 0 Å². The molecule has 0 bridgehead atoms. The second-order valence-electron chi connectivity index (χ2n) is 3.98. The Labute approximate surface area is 99.9 Å².